The molecule has 3 aromatic heterocycles. The first-order valence-electron chi connectivity index (χ1n) is 11.1. The van der Waals surface area contributed by atoms with Crippen molar-refractivity contribution in [3.8, 4) is 11.3 Å². The van der Waals surface area contributed by atoms with Gasteiger partial charge in [0.2, 0.25) is 0 Å². The number of hydrogen-bond donors (Lipinski definition) is 0. The van der Waals surface area contributed by atoms with Crippen LogP contribution in [0.4, 0.5) is 11.4 Å². The minimum Gasteiger partial charge on any atom is -0.465 e. The quantitative estimate of drug-likeness (QED) is 0.140. The lowest BCUT2D eigenvalue weighted by Gasteiger charge is -2.13. The van der Waals surface area contributed by atoms with Gasteiger partial charge in [-0.25, -0.2) is 0 Å². The molecule has 35 heavy (non-hydrogen) atoms. The molecule has 3 heterocycles. The summed E-state index contributed by atoms with van der Waals surface area (Å²) in [7, 11) is 0. The number of aryl methyl sites for hydroxylation is 2. The van der Waals surface area contributed by atoms with Gasteiger partial charge in [0.25, 0.3) is 5.69 Å². The van der Waals surface area contributed by atoms with Crippen molar-refractivity contribution in [2.75, 3.05) is 0 Å². The Morgan fingerprint density at radius 1 is 0.829 bits per heavy atom. The van der Waals surface area contributed by atoms with Gasteiger partial charge in [-0.05, 0) is 67.9 Å². The molecule has 0 radical (unpaired) electrons. The summed E-state index contributed by atoms with van der Waals surface area (Å²) in [4.78, 5) is 15.1. The third-order valence-corrected chi connectivity index (χ3v) is 5.63. The van der Waals surface area contributed by atoms with Gasteiger partial charge in [0.15, 0.2) is 0 Å². The van der Waals surface area contributed by atoms with Crippen LogP contribution in [-0.2, 0) is 0 Å². The van der Waals surface area contributed by atoms with Gasteiger partial charge in [-0.15, -0.1) is 0 Å². The molecule has 0 aliphatic heterocycles. The molecule has 0 N–H and O–H groups in total. The number of non-ortho nitro benzene ring substituents is 1. The predicted octanol–water partition coefficient (Wildman–Crippen LogP) is 7.59. The van der Waals surface area contributed by atoms with E-state index in [0.29, 0.717) is 17.1 Å². The fourth-order valence-electron chi connectivity index (χ4n) is 3.93. The molecule has 0 saturated carbocycles. The minimum atomic E-state index is -0.427. The Kier molecular flexibility index (Phi) is 5.89. The molecule has 7 heteroatoms. The average Bonchev–Trinajstić information content (AvgIpc) is 3.61. The summed E-state index contributed by atoms with van der Waals surface area (Å²) in [6, 6.07) is 25.6. The molecule has 5 aromatic rings. The molecular weight excluding hydrogens is 444 g/mol. The summed E-state index contributed by atoms with van der Waals surface area (Å²) >= 11 is 0. The van der Waals surface area contributed by atoms with Crippen LogP contribution in [0.1, 0.15) is 40.3 Å². The van der Waals surface area contributed by atoms with Gasteiger partial charge in [0, 0.05) is 17.7 Å². The molecule has 0 bridgehead atoms. The van der Waals surface area contributed by atoms with Crippen molar-refractivity contribution in [1.29, 1.82) is 0 Å². The Morgan fingerprint density at radius 2 is 1.51 bits per heavy atom. The average molecular weight is 466 g/mol. The Balaban J connectivity index is 1.36. The first-order chi connectivity index (χ1) is 17.0. The van der Waals surface area contributed by atoms with Gasteiger partial charge in [-0.2, -0.15) is 0 Å². The predicted molar refractivity (Wildman–Crippen MR) is 132 cm³/mol. The summed E-state index contributed by atoms with van der Waals surface area (Å²) in [5.74, 6) is 4.25. The SMILES string of the molecule is Cc1ccc(C(c2ccc(N=Cc3ccc(-c4cccc([N+](=O)[O-])c4)o3)cc2)c2ccc(C)o2)o1. The number of aliphatic imine (C=N–C) groups is 1. The van der Waals surface area contributed by atoms with E-state index in [4.69, 9.17) is 13.3 Å². The number of nitro groups is 1. The fraction of sp³-hybridized carbons (Fsp3) is 0.107. The van der Waals surface area contributed by atoms with Gasteiger partial charge in [0.05, 0.1) is 16.8 Å². The van der Waals surface area contributed by atoms with Gasteiger partial charge in [0.1, 0.15) is 40.5 Å². The van der Waals surface area contributed by atoms with E-state index in [2.05, 4.69) is 4.99 Å². The zero-order valence-corrected chi connectivity index (χ0v) is 19.2. The molecular formula is C28H22N2O5. The lowest BCUT2D eigenvalue weighted by atomic mass is 9.94. The molecule has 174 valence electrons. The van der Waals surface area contributed by atoms with Crippen molar-refractivity contribution in [2.45, 2.75) is 19.8 Å². The van der Waals surface area contributed by atoms with Gasteiger partial charge >= 0.3 is 0 Å². The van der Waals surface area contributed by atoms with Crippen molar-refractivity contribution >= 4 is 17.6 Å². The highest BCUT2D eigenvalue weighted by atomic mass is 16.6. The number of hydrogen-bond acceptors (Lipinski definition) is 6. The lowest BCUT2D eigenvalue weighted by Crippen LogP contribution is -2.00. The van der Waals surface area contributed by atoms with Gasteiger partial charge < -0.3 is 13.3 Å². The second-order valence-corrected chi connectivity index (χ2v) is 8.19. The third-order valence-electron chi connectivity index (χ3n) is 5.63. The van der Waals surface area contributed by atoms with E-state index in [0.717, 1.165) is 34.3 Å². The molecule has 0 aliphatic carbocycles. The zero-order chi connectivity index (χ0) is 24.4. The first-order valence-corrected chi connectivity index (χ1v) is 11.1. The number of benzene rings is 2. The van der Waals surface area contributed by atoms with Crippen LogP contribution in [0.5, 0.6) is 0 Å². The molecule has 0 fully saturated rings. The molecule has 0 amide bonds. The molecule has 5 rings (SSSR count). The van der Waals surface area contributed by atoms with E-state index in [-0.39, 0.29) is 11.6 Å². The monoisotopic (exact) mass is 466 g/mol. The smallest absolute Gasteiger partial charge is 0.270 e. The van der Waals surface area contributed by atoms with E-state index in [9.17, 15) is 10.1 Å². The van der Waals surface area contributed by atoms with Crippen LogP contribution in [0.2, 0.25) is 0 Å². The van der Waals surface area contributed by atoms with Crippen LogP contribution in [-0.4, -0.2) is 11.1 Å². The van der Waals surface area contributed by atoms with E-state index in [1.54, 1.807) is 30.5 Å². The lowest BCUT2D eigenvalue weighted by molar-refractivity contribution is -0.384. The van der Waals surface area contributed by atoms with Gasteiger partial charge in [-0.3, -0.25) is 15.1 Å². The van der Waals surface area contributed by atoms with Crippen LogP contribution < -0.4 is 0 Å². The first kappa shape index (κ1) is 22.2. The highest BCUT2D eigenvalue weighted by Gasteiger charge is 2.23. The van der Waals surface area contributed by atoms with Crippen molar-refractivity contribution in [2.24, 2.45) is 4.99 Å². The highest BCUT2D eigenvalue weighted by molar-refractivity contribution is 5.80. The van der Waals surface area contributed by atoms with E-state index in [1.807, 2.05) is 62.4 Å². The van der Waals surface area contributed by atoms with Crippen molar-refractivity contribution < 1.29 is 18.2 Å². The Morgan fingerprint density at radius 3 is 2.11 bits per heavy atom. The molecule has 0 aliphatic rings. The zero-order valence-electron chi connectivity index (χ0n) is 19.2. The highest BCUT2D eigenvalue weighted by Crippen LogP contribution is 2.35. The van der Waals surface area contributed by atoms with Crippen molar-refractivity contribution in [3.05, 3.63) is 129 Å². The Labute approximate surface area is 201 Å². The van der Waals surface area contributed by atoms with Crippen LogP contribution >= 0.6 is 0 Å². The Hall–Kier alpha value is -4.65. The molecule has 0 saturated heterocycles. The topological polar surface area (TPSA) is 94.9 Å². The number of nitro benzene ring substituents is 1. The summed E-state index contributed by atoms with van der Waals surface area (Å²) in [6.45, 7) is 3.84. The maximum absolute atomic E-state index is 11.0. The van der Waals surface area contributed by atoms with Crippen molar-refractivity contribution in [1.82, 2.24) is 0 Å². The molecule has 0 unspecified atom stereocenters. The number of furan rings is 3. The van der Waals surface area contributed by atoms with E-state index in [1.165, 1.54) is 12.1 Å². The molecule has 2 aromatic carbocycles. The summed E-state index contributed by atoms with van der Waals surface area (Å²) in [6.07, 6.45) is 1.62. The van der Waals surface area contributed by atoms with Crippen molar-refractivity contribution in [3.63, 3.8) is 0 Å². The normalized spacial score (nSPS) is 11.5. The van der Waals surface area contributed by atoms with E-state index >= 15 is 0 Å². The van der Waals surface area contributed by atoms with E-state index < -0.39 is 4.92 Å². The Bertz CT molecular complexity index is 1460. The number of nitrogens with zero attached hydrogens (tertiary/aromatic N) is 2. The third kappa shape index (κ3) is 4.84. The maximum Gasteiger partial charge on any atom is 0.270 e. The standard InChI is InChI=1S/C28H22N2O5/c1-18-6-13-26(33-18)28(27-14-7-19(2)34-27)20-8-10-22(11-9-20)29-17-24-12-15-25(35-24)21-4-3-5-23(16-21)30(31)32/h3-17,28H,1-2H3. The van der Waals surface area contributed by atoms with Crippen LogP contribution in [0, 0.1) is 24.0 Å². The number of rotatable bonds is 7. The van der Waals surface area contributed by atoms with Crippen LogP contribution in [0.25, 0.3) is 11.3 Å². The van der Waals surface area contributed by atoms with Crippen LogP contribution in [0.15, 0.2) is 103 Å². The van der Waals surface area contributed by atoms with Crippen LogP contribution in [0.3, 0.4) is 0 Å². The molecule has 0 atom stereocenters. The molecule has 7 nitrogen and oxygen atoms in total. The van der Waals surface area contributed by atoms with Gasteiger partial charge in [-0.1, -0.05) is 24.3 Å². The minimum absolute atomic E-state index is 0.0157. The largest absolute Gasteiger partial charge is 0.465 e. The second kappa shape index (κ2) is 9.30. The summed E-state index contributed by atoms with van der Waals surface area (Å²) in [5.41, 5.74) is 2.43. The second-order valence-electron chi connectivity index (χ2n) is 8.19. The maximum atomic E-state index is 11.0. The summed E-state index contributed by atoms with van der Waals surface area (Å²) < 4.78 is 17.7. The molecule has 0 spiro atoms. The fourth-order valence-corrected chi connectivity index (χ4v) is 3.93. The summed E-state index contributed by atoms with van der Waals surface area (Å²) in [5, 5.41) is 11.0.